The van der Waals surface area contributed by atoms with Crippen molar-refractivity contribution in [3.05, 3.63) is 0 Å². The minimum absolute atomic E-state index is 0. The highest BCUT2D eigenvalue weighted by Crippen LogP contribution is 1.98. The number of piperazine rings is 1. The van der Waals surface area contributed by atoms with Gasteiger partial charge in [-0.15, -0.1) is 12.4 Å². The van der Waals surface area contributed by atoms with Gasteiger partial charge < -0.3 is 16.4 Å². The Bertz CT molecular complexity index is 92.3. The Morgan fingerprint density at radius 3 is 2.17 bits per heavy atom. The summed E-state index contributed by atoms with van der Waals surface area (Å²) in [6.45, 7) is 10.6. The molecule has 0 aromatic rings. The van der Waals surface area contributed by atoms with Gasteiger partial charge in [-0.25, -0.2) is 0 Å². The topological polar surface area (TPSA) is 50.3 Å². The maximum absolute atomic E-state index is 3.35. The summed E-state index contributed by atoms with van der Waals surface area (Å²) in [5, 5.41) is 3.35. The Kier molecular flexibility index (Phi) is 9.54. The molecular weight excluding hydrogens is 174 g/mol. The first-order valence-corrected chi connectivity index (χ1v) is 4.22. The van der Waals surface area contributed by atoms with Gasteiger partial charge in [0.25, 0.3) is 0 Å². The summed E-state index contributed by atoms with van der Waals surface area (Å²) >= 11 is 0. The molecule has 1 heterocycles. The van der Waals surface area contributed by atoms with E-state index in [0.29, 0.717) is 0 Å². The zero-order valence-electron chi connectivity index (χ0n) is 8.18. The van der Waals surface area contributed by atoms with E-state index in [2.05, 4.69) is 24.1 Å². The van der Waals surface area contributed by atoms with E-state index in [0.717, 1.165) is 5.92 Å². The first kappa shape index (κ1) is 14.7. The molecule has 0 atom stereocenters. The average molecular weight is 196 g/mol. The van der Waals surface area contributed by atoms with Crippen molar-refractivity contribution < 1.29 is 0 Å². The van der Waals surface area contributed by atoms with Crippen molar-refractivity contribution in [1.29, 1.82) is 0 Å². The Balaban J connectivity index is 0. The van der Waals surface area contributed by atoms with Gasteiger partial charge in [-0.3, -0.25) is 0 Å². The van der Waals surface area contributed by atoms with Crippen LogP contribution in [0, 0.1) is 5.92 Å². The lowest BCUT2D eigenvalue weighted by Gasteiger charge is -2.28. The smallest absolute Gasteiger partial charge is 0.0107 e. The lowest BCUT2D eigenvalue weighted by molar-refractivity contribution is 0.217. The van der Waals surface area contributed by atoms with Gasteiger partial charge in [0, 0.05) is 32.7 Å². The Hall–Kier alpha value is 0.170. The largest absolute Gasteiger partial charge is 0.344 e. The third-order valence-corrected chi connectivity index (χ3v) is 1.83. The number of nitrogens with zero attached hydrogens (tertiary/aromatic N) is 1. The minimum Gasteiger partial charge on any atom is -0.344 e. The van der Waals surface area contributed by atoms with E-state index < -0.39 is 0 Å². The molecule has 4 N–H and O–H groups in total. The zero-order valence-corrected chi connectivity index (χ0v) is 8.99. The van der Waals surface area contributed by atoms with E-state index >= 15 is 0 Å². The van der Waals surface area contributed by atoms with E-state index in [1.807, 2.05) is 0 Å². The first-order chi connectivity index (χ1) is 4.79. The number of rotatable bonds is 2. The standard InChI is InChI=1S/C8H18N2.ClH.H3N/c1-8(2)7-10-5-3-9-4-6-10;;/h8-9H,3-7H2,1-2H3;1H;1H3. The highest BCUT2D eigenvalue weighted by Gasteiger charge is 2.09. The molecule has 1 aliphatic heterocycles. The first-order valence-electron chi connectivity index (χ1n) is 4.22. The van der Waals surface area contributed by atoms with Crippen molar-refractivity contribution >= 4 is 12.4 Å². The molecule has 0 radical (unpaired) electrons. The van der Waals surface area contributed by atoms with Crippen molar-refractivity contribution in [2.45, 2.75) is 13.8 Å². The van der Waals surface area contributed by atoms with Gasteiger partial charge >= 0.3 is 0 Å². The van der Waals surface area contributed by atoms with Crippen LogP contribution in [-0.4, -0.2) is 37.6 Å². The molecule has 3 nitrogen and oxygen atoms in total. The SMILES string of the molecule is CC(C)CN1CCNCC1.Cl.N. The molecule has 0 amide bonds. The second-order valence-electron chi connectivity index (χ2n) is 3.44. The average Bonchev–Trinajstić information content (AvgIpc) is 1.88. The summed E-state index contributed by atoms with van der Waals surface area (Å²) in [6, 6.07) is 0. The van der Waals surface area contributed by atoms with Gasteiger partial charge in [-0.05, 0) is 5.92 Å². The van der Waals surface area contributed by atoms with Gasteiger partial charge in [0.1, 0.15) is 0 Å². The van der Waals surface area contributed by atoms with Gasteiger partial charge in [0.2, 0.25) is 0 Å². The molecule has 0 aliphatic carbocycles. The minimum atomic E-state index is 0. The predicted octanol–water partition coefficient (Wildman–Crippen LogP) is 1.13. The summed E-state index contributed by atoms with van der Waals surface area (Å²) in [4.78, 5) is 2.53. The molecule has 1 saturated heterocycles. The van der Waals surface area contributed by atoms with E-state index in [9.17, 15) is 0 Å². The highest BCUT2D eigenvalue weighted by molar-refractivity contribution is 5.85. The second-order valence-corrected chi connectivity index (χ2v) is 3.44. The van der Waals surface area contributed by atoms with Gasteiger partial charge in [-0.1, -0.05) is 13.8 Å². The van der Waals surface area contributed by atoms with Crippen molar-refractivity contribution in [2.24, 2.45) is 5.92 Å². The van der Waals surface area contributed by atoms with Gasteiger partial charge in [0.05, 0.1) is 0 Å². The number of nitrogens with one attached hydrogen (secondary N) is 1. The van der Waals surface area contributed by atoms with Gasteiger partial charge in [-0.2, -0.15) is 0 Å². The van der Waals surface area contributed by atoms with E-state index in [1.165, 1.54) is 32.7 Å². The van der Waals surface area contributed by atoms with E-state index in [4.69, 9.17) is 0 Å². The highest BCUT2D eigenvalue weighted by atomic mass is 35.5. The summed E-state index contributed by atoms with van der Waals surface area (Å²) in [6.07, 6.45) is 0. The monoisotopic (exact) mass is 195 g/mol. The molecule has 1 rings (SSSR count). The summed E-state index contributed by atoms with van der Waals surface area (Å²) in [5.41, 5.74) is 0. The van der Waals surface area contributed by atoms with Crippen molar-refractivity contribution in [3.8, 4) is 0 Å². The lowest BCUT2D eigenvalue weighted by Crippen LogP contribution is -2.44. The van der Waals surface area contributed by atoms with Crippen molar-refractivity contribution in [2.75, 3.05) is 32.7 Å². The van der Waals surface area contributed by atoms with Gasteiger partial charge in [0.15, 0.2) is 0 Å². The second kappa shape index (κ2) is 7.80. The summed E-state index contributed by atoms with van der Waals surface area (Å²) in [7, 11) is 0. The third-order valence-electron chi connectivity index (χ3n) is 1.83. The van der Waals surface area contributed by atoms with Crippen molar-refractivity contribution in [3.63, 3.8) is 0 Å². The molecule has 0 spiro atoms. The van der Waals surface area contributed by atoms with Crippen LogP contribution in [0.3, 0.4) is 0 Å². The molecule has 12 heavy (non-hydrogen) atoms. The molecule has 0 unspecified atom stereocenters. The fraction of sp³-hybridized carbons (Fsp3) is 1.00. The molecule has 76 valence electrons. The third kappa shape index (κ3) is 5.77. The zero-order chi connectivity index (χ0) is 7.40. The van der Waals surface area contributed by atoms with E-state index in [1.54, 1.807) is 0 Å². The normalized spacial score (nSPS) is 18.2. The molecule has 0 bridgehead atoms. The molecule has 0 aromatic heterocycles. The van der Waals surface area contributed by atoms with Crippen LogP contribution >= 0.6 is 12.4 Å². The summed E-state index contributed by atoms with van der Waals surface area (Å²) < 4.78 is 0. The molecule has 1 fully saturated rings. The van der Waals surface area contributed by atoms with Crippen LogP contribution in [0.25, 0.3) is 0 Å². The molecular formula is C8H22ClN3. The fourth-order valence-electron chi connectivity index (χ4n) is 1.41. The number of hydrogen-bond acceptors (Lipinski definition) is 3. The molecule has 0 aromatic carbocycles. The van der Waals surface area contributed by atoms with Crippen LogP contribution in [0.2, 0.25) is 0 Å². The number of halogens is 1. The lowest BCUT2D eigenvalue weighted by atomic mass is 10.2. The predicted molar refractivity (Wildman–Crippen MR) is 56.4 cm³/mol. The molecule has 1 aliphatic rings. The summed E-state index contributed by atoms with van der Waals surface area (Å²) in [5.74, 6) is 0.818. The fourth-order valence-corrected chi connectivity index (χ4v) is 1.41. The van der Waals surface area contributed by atoms with Crippen LogP contribution in [0.15, 0.2) is 0 Å². The van der Waals surface area contributed by atoms with Crippen LogP contribution in [0.5, 0.6) is 0 Å². The van der Waals surface area contributed by atoms with Crippen LogP contribution in [0.1, 0.15) is 13.8 Å². The Labute approximate surface area is 81.9 Å². The van der Waals surface area contributed by atoms with Crippen LogP contribution in [0.4, 0.5) is 0 Å². The Morgan fingerprint density at radius 2 is 1.75 bits per heavy atom. The van der Waals surface area contributed by atoms with Crippen LogP contribution < -0.4 is 11.5 Å². The van der Waals surface area contributed by atoms with Crippen LogP contribution in [-0.2, 0) is 0 Å². The molecule has 0 saturated carbocycles. The Morgan fingerprint density at radius 1 is 1.25 bits per heavy atom. The maximum Gasteiger partial charge on any atom is 0.0107 e. The number of hydrogen-bond donors (Lipinski definition) is 2. The quantitative estimate of drug-likeness (QED) is 0.695. The van der Waals surface area contributed by atoms with E-state index in [-0.39, 0.29) is 18.6 Å². The van der Waals surface area contributed by atoms with Crippen molar-refractivity contribution in [1.82, 2.24) is 16.4 Å². The molecule has 4 heteroatoms. The maximum atomic E-state index is 3.35.